The largest absolute Gasteiger partial charge is 0.304 e. The van der Waals surface area contributed by atoms with Crippen LogP contribution in [0.4, 0.5) is 5.69 Å². The van der Waals surface area contributed by atoms with Crippen LogP contribution in [0, 0.1) is 6.92 Å². The smallest absolute Gasteiger partial charge is 0.258 e. The molecule has 1 aliphatic rings. The third-order valence-corrected chi connectivity index (χ3v) is 5.84. The predicted molar refractivity (Wildman–Crippen MR) is 91.5 cm³/mol. The zero-order chi connectivity index (χ0) is 16.4. The molecule has 0 saturated carbocycles. The first-order valence-corrected chi connectivity index (χ1v) is 9.44. The van der Waals surface area contributed by atoms with E-state index in [4.69, 9.17) is 0 Å². The summed E-state index contributed by atoms with van der Waals surface area (Å²) in [6.07, 6.45) is 0.481. The summed E-state index contributed by atoms with van der Waals surface area (Å²) >= 11 is 0. The third-order valence-electron chi connectivity index (χ3n) is 4.09. The first-order valence-electron chi connectivity index (χ1n) is 7.62. The lowest BCUT2D eigenvalue weighted by atomic mass is 10.1. The Hall–Kier alpha value is -2.14. The second kappa shape index (κ2) is 6.16. The van der Waals surface area contributed by atoms with Crippen molar-refractivity contribution < 1.29 is 13.2 Å². The first kappa shape index (κ1) is 15.7. The van der Waals surface area contributed by atoms with Gasteiger partial charge < -0.3 is 4.90 Å². The fraction of sp³-hybridized carbons (Fsp3) is 0.278. The van der Waals surface area contributed by atoms with Gasteiger partial charge in [0.05, 0.1) is 17.5 Å². The maximum atomic E-state index is 13.0. The molecule has 0 aliphatic carbocycles. The number of hydrogen-bond donors (Lipinski definition) is 0. The van der Waals surface area contributed by atoms with E-state index in [0.29, 0.717) is 12.0 Å². The van der Waals surface area contributed by atoms with Crippen molar-refractivity contribution in [1.82, 2.24) is 0 Å². The van der Waals surface area contributed by atoms with Gasteiger partial charge in [-0.1, -0.05) is 30.3 Å². The number of hydrogen-bond acceptors (Lipinski definition) is 3. The quantitative estimate of drug-likeness (QED) is 0.870. The minimum Gasteiger partial charge on any atom is -0.304 e. The standard InChI is InChI=1S/C18H19NO3S/c1-14-6-5-9-16(12-14)19(17-10-11-23(21,22)13-17)18(20)15-7-3-2-4-8-15/h2-9,12,17H,10-11,13H2,1H3. The van der Waals surface area contributed by atoms with Crippen LogP contribution in [0.25, 0.3) is 0 Å². The molecule has 1 fully saturated rings. The topological polar surface area (TPSA) is 54.5 Å². The number of sulfone groups is 1. The van der Waals surface area contributed by atoms with E-state index in [2.05, 4.69) is 0 Å². The van der Waals surface area contributed by atoms with Crippen molar-refractivity contribution in [3.05, 3.63) is 65.7 Å². The Morgan fingerprint density at radius 1 is 1.09 bits per heavy atom. The second-order valence-electron chi connectivity index (χ2n) is 5.94. The molecule has 2 aromatic carbocycles. The van der Waals surface area contributed by atoms with Gasteiger partial charge in [-0.15, -0.1) is 0 Å². The average molecular weight is 329 g/mol. The van der Waals surface area contributed by atoms with Crippen molar-refractivity contribution in [2.45, 2.75) is 19.4 Å². The summed E-state index contributed by atoms with van der Waals surface area (Å²) in [7, 11) is -3.07. The van der Waals surface area contributed by atoms with E-state index in [0.717, 1.165) is 11.3 Å². The van der Waals surface area contributed by atoms with Crippen LogP contribution >= 0.6 is 0 Å². The SMILES string of the molecule is Cc1cccc(N(C(=O)c2ccccc2)C2CCS(=O)(=O)C2)c1. The number of carbonyl (C=O) groups is 1. The molecule has 0 bridgehead atoms. The Bertz CT molecular complexity index is 815. The van der Waals surface area contributed by atoms with Gasteiger partial charge in [0.1, 0.15) is 0 Å². The molecule has 1 amide bonds. The van der Waals surface area contributed by atoms with Crippen molar-refractivity contribution in [3.8, 4) is 0 Å². The predicted octanol–water partition coefficient (Wildman–Crippen LogP) is 2.83. The summed E-state index contributed by atoms with van der Waals surface area (Å²) < 4.78 is 23.7. The minimum absolute atomic E-state index is 0.0273. The van der Waals surface area contributed by atoms with Crippen LogP contribution < -0.4 is 4.90 Å². The highest BCUT2D eigenvalue weighted by atomic mass is 32.2. The zero-order valence-electron chi connectivity index (χ0n) is 13.0. The number of anilines is 1. The van der Waals surface area contributed by atoms with E-state index in [-0.39, 0.29) is 23.5 Å². The molecule has 0 spiro atoms. The Morgan fingerprint density at radius 2 is 1.83 bits per heavy atom. The van der Waals surface area contributed by atoms with E-state index in [1.807, 2.05) is 49.4 Å². The summed E-state index contributed by atoms with van der Waals surface area (Å²) in [6.45, 7) is 1.96. The van der Waals surface area contributed by atoms with Crippen LogP contribution in [0.3, 0.4) is 0 Å². The molecule has 120 valence electrons. The fourth-order valence-electron chi connectivity index (χ4n) is 2.97. The summed E-state index contributed by atoms with van der Waals surface area (Å²) in [5, 5.41) is 0. The maximum absolute atomic E-state index is 13.0. The normalized spacial score (nSPS) is 19.4. The number of rotatable bonds is 3. The highest BCUT2D eigenvalue weighted by Crippen LogP contribution is 2.27. The van der Waals surface area contributed by atoms with Gasteiger partial charge in [0.2, 0.25) is 0 Å². The summed E-state index contributed by atoms with van der Waals surface area (Å²) in [5.41, 5.74) is 2.36. The molecule has 0 N–H and O–H groups in total. The van der Waals surface area contributed by atoms with Gasteiger partial charge in [-0.25, -0.2) is 8.42 Å². The second-order valence-corrected chi connectivity index (χ2v) is 8.17. The molecule has 0 radical (unpaired) electrons. The van der Waals surface area contributed by atoms with Gasteiger partial charge in [-0.05, 0) is 43.2 Å². The van der Waals surface area contributed by atoms with Crippen molar-refractivity contribution >= 4 is 21.4 Å². The van der Waals surface area contributed by atoms with Crippen LogP contribution in [-0.4, -0.2) is 31.9 Å². The van der Waals surface area contributed by atoms with Crippen LogP contribution in [0.15, 0.2) is 54.6 Å². The molecule has 1 unspecified atom stereocenters. The van der Waals surface area contributed by atoms with Crippen LogP contribution in [-0.2, 0) is 9.84 Å². The van der Waals surface area contributed by atoms with Crippen LogP contribution in [0.1, 0.15) is 22.3 Å². The number of aryl methyl sites for hydroxylation is 1. The average Bonchev–Trinajstić information content (AvgIpc) is 2.88. The van der Waals surface area contributed by atoms with Crippen LogP contribution in [0.5, 0.6) is 0 Å². The highest BCUT2D eigenvalue weighted by Gasteiger charge is 2.35. The lowest BCUT2D eigenvalue weighted by Crippen LogP contribution is -2.41. The van der Waals surface area contributed by atoms with Crippen molar-refractivity contribution in [2.24, 2.45) is 0 Å². The molecule has 3 rings (SSSR count). The molecule has 2 aromatic rings. The monoisotopic (exact) mass is 329 g/mol. The van der Waals surface area contributed by atoms with E-state index in [1.165, 1.54) is 0 Å². The molecule has 23 heavy (non-hydrogen) atoms. The number of amides is 1. The Kier molecular flexibility index (Phi) is 4.22. The van der Waals surface area contributed by atoms with E-state index in [1.54, 1.807) is 17.0 Å². The summed E-state index contributed by atoms with van der Waals surface area (Å²) in [6, 6.07) is 16.3. The fourth-order valence-corrected chi connectivity index (χ4v) is 4.67. The summed E-state index contributed by atoms with van der Waals surface area (Å²) in [5.74, 6) is 0.0139. The zero-order valence-corrected chi connectivity index (χ0v) is 13.8. The maximum Gasteiger partial charge on any atom is 0.258 e. The van der Waals surface area contributed by atoms with Gasteiger partial charge in [-0.3, -0.25) is 4.79 Å². The number of carbonyl (C=O) groups excluding carboxylic acids is 1. The van der Waals surface area contributed by atoms with E-state index < -0.39 is 9.84 Å². The van der Waals surface area contributed by atoms with Crippen molar-refractivity contribution in [1.29, 1.82) is 0 Å². The third kappa shape index (κ3) is 3.45. The Labute approximate surface area is 136 Å². The van der Waals surface area contributed by atoms with E-state index in [9.17, 15) is 13.2 Å². The highest BCUT2D eigenvalue weighted by molar-refractivity contribution is 7.91. The van der Waals surface area contributed by atoms with Gasteiger partial charge in [0.25, 0.3) is 5.91 Å². The minimum atomic E-state index is -3.07. The number of nitrogens with zero attached hydrogens (tertiary/aromatic N) is 1. The molecule has 1 heterocycles. The molecule has 5 heteroatoms. The molecular formula is C18H19NO3S. The molecule has 1 atom stereocenters. The number of benzene rings is 2. The van der Waals surface area contributed by atoms with E-state index >= 15 is 0 Å². The van der Waals surface area contributed by atoms with Crippen LogP contribution in [0.2, 0.25) is 0 Å². The summed E-state index contributed by atoms with van der Waals surface area (Å²) in [4.78, 5) is 14.6. The molecule has 1 aliphatic heterocycles. The lowest BCUT2D eigenvalue weighted by molar-refractivity contribution is 0.0979. The van der Waals surface area contributed by atoms with Gasteiger partial charge in [0, 0.05) is 11.3 Å². The molecule has 4 nitrogen and oxygen atoms in total. The molecule has 0 aromatic heterocycles. The van der Waals surface area contributed by atoms with Crippen molar-refractivity contribution in [3.63, 3.8) is 0 Å². The van der Waals surface area contributed by atoms with Gasteiger partial charge in [-0.2, -0.15) is 0 Å². The van der Waals surface area contributed by atoms with Crippen molar-refractivity contribution in [2.75, 3.05) is 16.4 Å². The first-order chi connectivity index (χ1) is 11.0. The van der Waals surface area contributed by atoms with Gasteiger partial charge in [0.15, 0.2) is 9.84 Å². The lowest BCUT2D eigenvalue weighted by Gasteiger charge is -2.29. The Morgan fingerprint density at radius 3 is 2.43 bits per heavy atom. The molecular weight excluding hydrogens is 310 g/mol. The molecule has 1 saturated heterocycles. The van der Waals surface area contributed by atoms with Gasteiger partial charge >= 0.3 is 0 Å². The Balaban J connectivity index is 2.02.